The first-order valence-corrected chi connectivity index (χ1v) is 6.27. The van der Waals surface area contributed by atoms with Crippen molar-refractivity contribution in [2.24, 2.45) is 0 Å². The molecule has 0 bridgehead atoms. The molecule has 0 fully saturated rings. The summed E-state index contributed by atoms with van der Waals surface area (Å²) in [5.41, 5.74) is 2.08. The minimum absolute atomic E-state index is 0.405. The van der Waals surface area contributed by atoms with Crippen molar-refractivity contribution in [3.05, 3.63) is 35.4 Å². The lowest BCUT2D eigenvalue weighted by Gasteiger charge is -2.34. The molecule has 1 aromatic carbocycles. The standard InChI is InChI=1S/C15H22N2/c1-5-17(6-2)15(4,12-16)11-14-9-7-8-13(3)10-14/h7-10H,5-6,11H2,1-4H3. The third kappa shape index (κ3) is 3.31. The van der Waals surface area contributed by atoms with Crippen molar-refractivity contribution in [1.82, 2.24) is 4.90 Å². The summed E-state index contributed by atoms with van der Waals surface area (Å²) in [7, 11) is 0. The van der Waals surface area contributed by atoms with E-state index in [9.17, 15) is 5.26 Å². The maximum Gasteiger partial charge on any atom is 0.110 e. The number of aryl methyl sites for hydroxylation is 1. The van der Waals surface area contributed by atoms with Gasteiger partial charge in [-0.05, 0) is 32.5 Å². The molecular formula is C15H22N2. The van der Waals surface area contributed by atoms with Crippen LogP contribution in [0, 0.1) is 18.3 Å². The van der Waals surface area contributed by atoms with E-state index in [1.54, 1.807) is 0 Å². The monoisotopic (exact) mass is 230 g/mol. The zero-order chi connectivity index (χ0) is 12.9. The smallest absolute Gasteiger partial charge is 0.110 e. The Hall–Kier alpha value is -1.33. The van der Waals surface area contributed by atoms with E-state index in [0.29, 0.717) is 0 Å². The van der Waals surface area contributed by atoms with Crippen LogP contribution in [-0.2, 0) is 6.42 Å². The first kappa shape index (κ1) is 13.7. The second-order valence-electron chi connectivity index (χ2n) is 4.72. The molecule has 0 aliphatic rings. The lowest BCUT2D eigenvalue weighted by atomic mass is 9.91. The Balaban J connectivity index is 2.93. The van der Waals surface area contributed by atoms with E-state index in [4.69, 9.17) is 0 Å². The zero-order valence-corrected chi connectivity index (χ0v) is 11.3. The molecule has 2 heteroatoms. The Morgan fingerprint density at radius 2 is 1.94 bits per heavy atom. The molecule has 0 spiro atoms. The summed E-state index contributed by atoms with van der Waals surface area (Å²) < 4.78 is 0. The molecule has 1 aromatic rings. The molecule has 0 amide bonds. The van der Waals surface area contributed by atoms with Crippen molar-refractivity contribution in [3.8, 4) is 6.07 Å². The highest BCUT2D eigenvalue weighted by Crippen LogP contribution is 2.20. The lowest BCUT2D eigenvalue weighted by molar-refractivity contribution is 0.169. The van der Waals surface area contributed by atoms with Gasteiger partial charge in [0.1, 0.15) is 5.54 Å². The van der Waals surface area contributed by atoms with Crippen LogP contribution in [-0.4, -0.2) is 23.5 Å². The quantitative estimate of drug-likeness (QED) is 0.777. The molecule has 0 saturated carbocycles. The van der Waals surface area contributed by atoms with E-state index in [-0.39, 0.29) is 0 Å². The summed E-state index contributed by atoms with van der Waals surface area (Å²) in [4.78, 5) is 2.22. The van der Waals surface area contributed by atoms with Gasteiger partial charge in [0.05, 0.1) is 6.07 Å². The van der Waals surface area contributed by atoms with Crippen molar-refractivity contribution in [2.75, 3.05) is 13.1 Å². The maximum atomic E-state index is 9.46. The summed E-state index contributed by atoms with van der Waals surface area (Å²) >= 11 is 0. The number of likely N-dealkylation sites (N-methyl/N-ethyl adjacent to an activating group) is 1. The number of nitrogens with zero attached hydrogens (tertiary/aromatic N) is 2. The summed E-state index contributed by atoms with van der Waals surface area (Å²) in [6.45, 7) is 10.1. The van der Waals surface area contributed by atoms with Crippen molar-refractivity contribution >= 4 is 0 Å². The van der Waals surface area contributed by atoms with Gasteiger partial charge in [-0.2, -0.15) is 5.26 Å². The van der Waals surface area contributed by atoms with E-state index in [0.717, 1.165) is 19.5 Å². The minimum Gasteiger partial charge on any atom is -0.286 e. The van der Waals surface area contributed by atoms with E-state index in [2.05, 4.69) is 56.0 Å². The average Bonchev–Trinajstić information content (AvgIpc) is 2.30. The summed E-state index contributed by atoms with van der Waals surface area (Å²) in [6, 6.07) is 10.9. The van der Waals surface area contributed by atoms with Crippen LogP contribution in [0.25, 0.3) is 0 Å². The molecule has 0 N–H and O–H groups in total. The molecule has 92 valence electrons. The van der Waals surface area contributed by atoms with Crippen molar-refractivity contribution in [2.45, 2.75) is 39.7 Å². The topological polar surface area (TPSA) is 27.0 Å². The van der Waals surface area contributed by atoms with Crippen molar-refractivity contribution in [1.29, 1.82) is 5.26 Å². The Bertz CT molecular complexity index is 402. The molecule has 0 heterocycles. The van der Waals surface area contributed by atoms with Gasteiger partial charge in [0.25, 0.3) is 0 Å². The predicted molar refractivity (Wildman–Crippen MR) is 71.8 cm³/mol. The van der Waals surface area contributed by atoms with Crippen LogP contribution < -0.4 is 0 Å². The number of rotatable bonds is 5. The zero-order valence-electron chi connectivity index (χ0n) is 11.3. The highest BCUT2D eigenvalue weighted by Gasteiger charge is 2.29. The number of benzene rings is 1. The average molecular weight is 230 g/mol. The fourth-order valence-electron chi connectivity index (χ4n) is 2.36. The van der Waals surface area contributed by atoms with E-state index < -0.39 is 5.54 Å². The Morgan fingerprint density at radius 1 is 1.29 bits per heavy atom. The van der Waals surface area contributed by atoms with Gasteiger partial charge in [-0.15, -0.1) is 0 Å². The van der Waals surface area contributed by atoms with Crippen LogP contribution in [0.3, 0.4) is 0 Å². The van der Waals surface area contributed by atoms with Gasteiger partial charge in [0.15, 0.2) is 0 Å². The van der Waals surface area contributed by atoms with E-state index in [1.807, 2.05) is 6.92 Å². The van der Waals surface area contributed by atoms with E-state index >= 15 is 0 Å². The van der Waals surface area contributed by atoms with Crippen LogP contribution in [0.5, 0.6) is 0 Å². The van der Waals surface area contributed by atoms with Gasteiger partial charge in [-0.1, -0.05) is 43.7 Å². The van der Waals surface area contributed by atoms with Gasteiger partial charge in [0, 0.05) is 6.42 Å². The number of hydrogen-bond donors (Lipinski definition) is 0. The van der Waals surface area contributed by atoms with Gasteiger partial charge < -0.3 is 0 Å². The fraction of sp³-hybridized carbons (Fsp3) is 0.533. The van der Waals surface area contributed by atoms with Gasteiger partial charge >= 0.3 is 0 Å². The molecule has 1 atom stereocenters. The predicted octanol–water partition coefficient (Wildman–Crippen LogP) is 3.16. The van der Waals surface area contributed by atoms with Crippen molar-refractivity contribution < 1.29 is 0 Å². The third-order valence-corrected chi connectivity index (χ3v) is 3.33. The molecule has 1 unspecified atom stereocenters. The molecule has 2 nitrogen and oxygen atoms in total. The molecular weight excluding hydrogens is 208 g/mol. The highest BCUT2D eigenvalue weighted by molar-refractivity contribution is 5.26. The fourth-order valence-corrected chi connectivity index (χ4v) is 2.36. The molecule has 0 aliphatic heterocycles. The van der Waals surface area contributed by atoms with Gasteiger partial charge in [-0.3, -0.25) is 4.90 Å². The lowest BCUT2D eigenvalue weighted by Crippen LogP contribution is -2.46. The molecule has 0 radical (unpaired) electrons. The summed E-state index contributed by atoms with van der Waals surface area (Å²) in [6.07, 6.45) is 0.785. The minimum atomic E-state index is -0.405. The highest BCUT2D eigenvalue weighted by atomic mass is 15.2. The van der Waals surface area contributed by atoms with Crippen LogP contribution in [0.1, 0.15) is 31.9 Å². The summed E-state index contributed by atoms with van der Waals surface area (Å²) in [5.74, 6) is 0. The Kier molecular flexibility index (Phi) is 4.72. The van der Waals surface area contributed by atoms with E-state index in [1.165, 1.54) is 11.1 Å². The third-order valence-electron chi connectivity index (χ3n) is 3.33. The number of hydrogen-bond acceptors (Lipinski definition) is 2. The first-order valence-electron chi connectivity index (χ1n) is 6.27. The van der Waals surface area contributed by atoms with Crippen LogP contribution in [0.15, 0.2) is 24.3 Å². The normalized spacial score (nSPS) is 14.4. The SMILES string of the molecule is CCN(CC)C(C)(C#N)Cc1cccc(C)c1. The molecule has 17 heavy (non-hydrogen) atoms. The first-order chi connectivity index (χ1) is 8.05. The second-order valence-corrected chi connectivity index (χ2v) is 4.72. The summed E-state index contributed by atoms with van der Waals surface area (Å²) in [5, 5.41) is 9.46. The largest absolute Gasteiger partial charge is 0.286 e. The Morgan fingerprint density at radius 3 is 2.41 bits per heavy atom. The Labute approximate surface area is 105 Å². The van der Waals surface area contributed by atoms with Crippen LogP contribution in [0.2, 0.25) is 0 Å². The molecule has 0 aliphatic carbocycles. The van der Waals surface area contributed by atoms with Gasteiger partial charge in [0.2, 0.25) is 0 Å². The van der Waals surface area contributed by atoms with Crippen LogP contribution in [0.4, 0.5) is 0 Å². The van der Waals surface area contributed by atoms with Gasteiger partial charge in [-0.25, -0.2) is 0 Å². The molecule has 0 saturated heterocycles. The van der Waals surface area contributed by atoms with Crippen molar-refractivity contribution in [3.63, 3.8) is 0 Å². The second kappa shape index (κ2) is 5.84. The van der Waals surface area contributed by atoms with Crippen LogP contribution >= 0.6 is 0 Å². The molecule has 1 rings (SSSR count). The number of nitriles is 1. The maximum absolute atomic E-state index is 9.46. The molecule has 0 aromatic heterocycles.